The number of hydrogen-bond acceptors (Lipinski definition) is 2. The highest BCUT2D eigenvalue weighted by molar-refractivity contribution is 5.35. The summed E-state index contributed by atoms with van der Waals surface area (Å²) in [6.45, 7) is 4.32. The summed E-state index contributed by atoms with van der Waals surface area (Å²) < 4.78 is 5.93. The van der Waals surface area contributed by atoms with E-state index in [9.17, 15) is 5.11 Å². The van der Waals surface area contributed by atoms with E-state index in [-0.39, 0.29) is 12.2 Å². The van der Waals surface area contributed by atoms with Gasteiger partial charge in [-0.3, -0.25) is 0 Å². The van der Waals surface area contributed by atoms with Crippen LogP contribution in [0.2, 0.25) is 0 Å². The molecule has 88 valence electrons. The highest BCUT2D eigenvalue weighted by atomic mass is 16.5. The molecular weight excluding hydrogens is 200 g/mol. The van der Waals surface area contributed by atoms with Crippen molar-refractivity contribution in [1.29, 1.82) is 0 Å². The highest BCUT2D eigenvalue weighted by Gasteiger charge is 2.27. The molecule has 0 saturated heterocycles. The second kappa shape index (κ2) is 4.88. The van der Waals surface area contributed by atoms with E-state index in [1.807, 2.05) is 18.2 Å². The van der Waals surface area contributed by atoms with Crippen LogP contribution in [0.25, 0.3) is 0 Å². The van der Waals surface area contributed by atoms with E-state index in [1.54, 1.807) is 0 Å². The van der Waals surface area contributed by atoms with E-state index in [0.29, 0.717) is 5.92 Å². The van der Waals surface area contributed by atoms with Crippen LogP contribution in [0.5, 0.6) is 5.75 Å². The Morgan fingerprint density at radius 2 is 2.00 bits per heavy atom. The molecule has 1 aromatic carbocycles. The van der Waals surface area contributed by atoms with Crippen LogP contribution in [0.4, 0.5) is 0 Å². The normalized spacial score (nSPS) is 25.0. The van der Waals surface area contributed by atoms with Crippen LogP contribution >= 0.6 is 0 Å². The molecule has 0 unspecified atom stereocenters. The summed E-state index contributed by atoms with van der Waals surface area (Å²) in [5, 5.41) is 9.75. The van der Waals surface area contributed by atoms with Gasteiger partial charge in [-0.25, -0.2) is 0 Å². The maximum absolute atomic E-state index is 9.75. The minimum atomic E-state index is -0.291. The summed E-state index contributed by atoms with van der Waals surface area (Å²) in [4.78, 5) is 0. The molecule has 1 aliphatic carbocycles. The standard InChI is InChI=1S/C14H20O2/c1-10(2)11-6-3-4-8-13(11)16-14-9-5-7-12(14)15/h3-4,6,8,10,12,14-15H,5,7,9H2,1-2H3/t12-,14-/m1/s1. The van der Waals surface area contributed by atoms with Gasteiger partial charge >= 0.3 is 0 Å². The fourth-order valence-corrected chi connectivity index (χ4v) is 2.27. The molecule has 16 heavy (non-hydrogen) atoms. The first-order valence-electron chi connectivity index (χ1n) is 6.12. The molecule has 2 atom stereocenters. The Morgan fingerprint density at radius 1 is 1.25 bits per heavy atom. The Hall–Kier alpha value is -1.02. The van der Waals surface area contributed by atoms with Gasteiger partial charge in [-0.1, -0.05) is 32.0 Å². The quantitative estimate of drug-likeness (QED) is 0.848. The van der Waals surface area contributed by atoms with Crippen LogP contribution < -0.4 is 4.74 Å². The molecule has 1 fully saturated rings. The second-order valence-corrected chi connectivity index (χ2v) is 4.85. The molecule has 2 rings (SSSR count). The van der Waals surface area contributed by atoms with Gasteiger partial charge in [0.2, 0.25) is 0 Å². The third kappa shape index (κ3) is 2.38. The lowest BCUT2D eigenvalue weighted by Crippen LogP contribution is -2.26. The fourth-order valence-electron chi connectivity index (χ4n) is 2.27. The Kier molecular flexibility index (Phi) is 3.49. The van der Waals surface area contributed by atoms with E-state index < -0.39 is 0 Å². The van der Waals surface area contributed by atoms with Crippen LogP contribution in [-0.4, -0.2) is 17.3 Å². The Labute approximate surface area is 97.3 Å². The van der Waals surface area contributed by atoms with Crippen molar-refractivity contribution in [2.45, 2.75) is 51.2 Å². The van der Waals surface area contributed by atoms with E-state index in [1.165, 1.54) is 5.56 Å². The first-order chi connectivity index (χ1) is 7.68. The number of hydrogen-bond donors (Lipinski definition) is 1. The third-order valence-corrected chi connectivity index (χ3v) is 3.24. The van der Waals surface area contributed by atoms with Crippen LogP contribution in [0.1, 0.15) is 44.6 Å². The maximum atomic E-state index is 9.75. The lowest BCUT2D eigenvalue weighted by molar-refractivity contribution is 0.0596. The molecule has 2 nitrogen and oxygen atoms in total. The first kappa shape index (κ1) is 11.5. The second-order valence-electron chi connectivity index (χ2n) is 4.85. The van der Waals surface area contributed by atoms with E-state index in [2.05, 4.69) is 19.9 Å². The number of benzene rings is 1. The Morgan fingerprint density at radius 3 is 2.62 bits per heavy atom. The maximum Gasteiger partial charge on any atom is 0.124 e. The van der Waals surface area contributed by atoms with E-state index >= 15 is 0 Å². The lowest BCUT2D eigenvalue weighted by atomic mass is 10.0. The molecule has 1 aromatic rings. The zero-order chi connectivity index (χ0) is 11.5. The summed E-state index contributed by atoms with van der Waals surface area (Å²) in [5.41, 5.74) is 1.22. The molecule has 0 spiro atoms. The molecular formula is C14H20O2. The summed E-state index contributed by atoms with van der Waals surface area (Å²) >= 11 is 0. The largest absolute Gasteiger partial charge is 0.487 e. The minimum absolute atomic E-state index is 0.0140. The van der Waals surface area contributed by atoms with Crippen molar-refractivity contribution < 1.29 is 9.84 Å². The van der Waals surface area contributed by atoms with Gasteiger partial charge in [-0.15, -0.1) is 0 Å². The number of ether oxygens (including phenoxy) is 1. The SMILES string of the molecule is CC(C)c1ccccc1O[C@@H]1CCC[C@H]1O. The van der Waals surface area contributed by atoms with Gasteiger partial charge in [0.1, 0.15) is 11.9 Å². The van der Waals surface area contributed by atoms with Crippen LogP contribution in [-0.2, 0) is 0 Å². The van der Waals surface area contributed by atoms with Crippen molar-refractivity contribution in [3.8, 4) is 5.75 Å². The predicted octanol–water partition coefficient (Wildman–Crippen LogP) is 3.10. The van der Waals surface area contributed by atoms with Crippen LogP contribution in [0.3, 0.4) is 0 Å². The Bertz CT molecular complexity index is 346. The molecule has 1 saturated carbocycles. The van der Waals surface area contributed by atoms with Gasteiger partial charge in [-0.2, -0.15) is 0 Å². The predicted molar refractivity (Wildman–Crippen MR) is 64.8 cm³/mol. The molecule has 1 aliphatic rings. The van der Waals surface area contributed by atoms with Crippen LogP contribution in [0, 0.1) is 0 Å². The molecule has 0 aromatic heterocycles. The van der Waals surface area contributed by atoms with Crippen molar-refractivity contribution >= 4 is 0 Å². The van der Waals surface area contributed by atoms with Crippen molar-refractivity contribution in [3.63, 3.8) is 0 Å². The smallest absolute Gasteiger partial charge is 0.124 e. The van der Waals surface area contributed by atoms with Gasteiger partial charge < -0.3 is 9.84 Å². The summed E-state index contributed by atoms with van der Waals surface area (Å²) in [7, 11) is 0. The number of aliphatic hydroxyl groups is 1. The van der Waals surface area contributed by atoms with Gasteiger partial charge in [0.25, 0.3) is 0 Å². The number of para-hydroxylation sites is 1. The van der Waals surface area contributed by atoms with Crippen molar-refractivity contribution in [3.05, 3.63) is 29.8 Å². The van der Waals surface area contributed by atoms with Gasteiger partial charge in [0.05, 0.1) is 6.10 Å². The molecule has 0 radical (unpaired) electrons. The zero-order valence-electron chi connectivity index (χ0n) is 10.0. The fraction of sp³-hybridized carbons (Fsp3) is 0.571. The van der Waals surface area contributed by atoms with Crippen molar-refractivity contribution in [1.82, 2.24) is 0 Å². The van der Waals surface area contributed by atoms with E-state index in [0.717, 1.165) is 25.0 Å². The molecule has 1 N–H and O–H groups in total. The molecule has 0 amide bonds. The highest BCUT2D eigenvalue weighted by Crippen LogP contribution is 2.30. The average molecular weight is 220 g/mol. The topological polar surface area (TPSA) is 29.5 Å². The number of rotatable bonds is 3. The lowest BCUT2D eigenvalue weighted by Gasteiger charge is -2.20. The van der Waals surface area contributed by atoms with Gasteiger partial charge in [-0.05, 0) is 36.8 Å². The van der Waals surface area contributed by atoms with Gasteiger partial charge in [0.15, 0.2) is 0 Å². The summed E-state index contributed by atoms with van der Waals surface area (Å²) in [6.07, 6.45) is 2.60. The average Bonchev–Trinajstić information content (AvgIpc) is 2.65. The van der Waals surface area contributed by atoms with Gasteiger partial charge in [0, 0.05) is 0 Å². The molecule has 0 heterocycles. The third-order valence-electron chi connectivity index (χ3n) is 3.24. The monoisotopic (exact) mass is 220 g/mol. The van der Waals surface area contributed by atoms with Crippen molar-refractivity contribution in [2.24, 2.45) is 0 Å². The number of aliphatic hydroxyl groups excluding tert-OH is 1. The van der Waals surface area contributed by atoms with Crippen LogP contribution in [0.15, 0.2) is 24.3 Å². The summed E-state index contributed by atoms with van der Waals surface area (Å²) in [6, 6.07) is 8.12. The molecule has 0 aliphatic heterocycles. The van der Waals surface area contributed by atoms with E-state index in [4.69, 9.17) is 4.74 Å². The first-order valence-corrected chi connectivity index (χ1v) is 6.12. The minimum Gasteiger partial charge on any atom is -0.487 e. The summed E-state index contributed by atoms with van der Waals surface area (Å²) in [5.74, 6) is 1.39. The van der Waals surface area contributed by atoms with Crippen molar-refractivity contribution in [2.75, 3.05) is 0 Å². The Balaban J connectivity index is 2.14. The molecule has 2 heteroatoms. The molecule has 0 bridgehead atoms. The zero-order valence-corrected chi connectivity index (χ0v) is 10.0.